The number of nitrogens with zero attached hydrogens (tertiary/aromatic N) is 3. The zero-order valence-corrected chi connectivity index (χ0v) is 15.8. The van der Waals surface area contributed by atoms with E-state index < -0.39 is 0 Å². The van der Waals surface area contributed by atoms with E-state index in [9.17, 15) is 0 Å². The van der Waals surface area contributed by atoms with Crippen LogP contribution in [0.15, 0.2) is 53.1 Å². The van der Waals surface area contributed by atoms with Gasteiger partial charge in [-0.1, -0.05) is 28.1 Å². The molecule has 0 atom stereocenters. The highest BCUT2D eigenvalue weighted by atomic mass is 79.9. The van der Waals surface area contributed by atoms with Gasteiger partial charge in [-0.3, -0.25) is 0 Å². The quantitative estimate of drug-likeness (QED) is 0.684. The van der Waals surface area contributed by atoms with Gasteiger partial charge in [-0.05, 0) is 67.7 Å². The van der Waals surface area contributed by atoms with Crippen LogP contribution in [0, 0.1) is 0 Å². The summed E-state index contributed by atoms with van der Waals surface area (Å²) >= 11 is 3.48. The summed E-state index contributed by atoms with van der Waals surface area (Å²) in [7, 11) is 2.20. The lowest BCUT2D eigenvalue weighted by Crippen LogP contribution is -2.30. The molecule has 2 heterocycles. The molecule has 126 valence electrons. The van der Waals surface area contributed by atoms with Crippen molar-refractivity contribution in [2.45, 2.75) is 18.8 Å². The highest BCUT2D eigenvalue weighted by Gasteiger charge is 2.18. The molecule has 1 aliphatic rings. The van der Waals surface area contributed by atoms with Gasteiger partial charge >= 0.3 is 0 Å². The number of aromatic nitrogens is 2. The standard InChI is InChI=1S/C19H20BBrN4/c20-25-8-6-13(7-9-25)14-2-1-3-17(11-14)23-19-22-12-15-10-16(21)4-5-18(15)24-19/h1-5,10-13H,6-9,20H2,(H,22,23,24). The first kappa shape index (κ1) is 16.5. The summed E-state index contributed by atoms with van der Waals surface area (Å²) in [4.78, 5) is 11.5. The first-order chi connectivity index (χ1) is 12.2. The molecule has 0 aliphatic carbocycles. The predicted molar refractivity (Wildman–Crippen MR) is 109 cm³/mol. The summed E-state index contributed by atoms with van der Waals surface area (Å²) in [6.07, 6.45) is 4.30. The largest absolute Gasteiger partial charge is 0.349 e. The van der Waals surface area contributed by atoms with Crippen molar-refractivity contribution < 1.29 is 0 Å². The number of benzene rings is 2. The SMILES string of the molecule is BN1CCC(c2cccc(Nc3ncc4cc(Br)ccc4n3)c2)CC1. The van der Waals surface area contributed by atoms with Crippen molar-refractivity contribution in [3.8, 4) is 0 Å². The lowest BCUT2D eigenvalue weighted by molar-refractivity contribution is 0.335. The van der Waals surface area contributed by atoms with Gasteiger partial charge in [0.05, 0.1) is 5.52 Å². The molecule has 1 aromatic heterocycles. The monoisotopic (exact) mass is 394 g/mol. The Morgan fingerprint density at radius 2 is 1.96 bits per heavy atom. The number of hydrogen-bond donors (Lipinski definition) is 1. The molecule has 0 unspecified atom stereocenters. The zero-order chi connectivity index (χ0) is 17.2. The summed E-state index contributed by atoms with van der Waals surface area (Å²) in [5.74, 6) is 1.28. The molecule has 4 rings (SSSR count). The van der Waals surface area contributed by atoms with Gasteiger partial charge in [0, 0.05) is 21.7 Å². The van der Waals surface area contributed by atoms with Crippen LogP contribution in [-0.2, 0) is 0 Å². The highest BCUT2D eigenvalue weighted by Crippen LogP contribution is 2.29. The average Bonchev–Trinajstić information content (AvgIpc) is 2.63. The number of anilines is 2. The third kappa shape index (κ3) is 3.85. The number of hydrogen-bond acceptors (Lipinski definition) is 4. The molecule has 1 aliphatic heterocycles. The fourth-order valence-corrected chi connectivity index (χ4v) is 3.78. The molecule has 1 saturated heterocycles. The minimum absolute atomic E-state index is 0.635. The van der Waals surface area contributed by atoms with Gasteiger partial charge in [-0.25, -0.2) is 9.97 Å². The fourth-order valence-electron chi connectivity index (χ4n) is 3.41. The Balaban J connectivity index is 1.54. The number of fused-ring (bicyclic) bond motifs is 1. The minimum atomic E-state index is 0.635. The third-order valence-corrected chi connectivity index (χ3v) is 5.37. The van der Waals surface area contributed by atoms with Gasteiger partial charge < -0.3 is 10.1 Å². The van der Waals surface area contributed by atoms with Gasteiger partial charge in [-0.2, -0.15) is 0 Å². The van der Waals surface area contributed by atoms with E-state index in [1.54, 1.807) is 0 Å². The van der Waals surface area contributed by atoms with Crippen molar-refractivity contribution in [3.63, 3.8) is 0 Å². The molecular formula is C19H20BBrN4. The van der Waals surface area contributed by atoms with E-state index in [0.717, 1.165) is 21.1 Å². The van der Waals surface area contributed by atoms with Crippen LogP contribution in [0.25, 0.3) is 10.9 Å². The van der Waals surface area contributed by atoms with E-state index in [1.165, 1.54) is 31.5 Å². The summed E-state index contributed by atoms with van der Waals surface area (Å²) in [6.45, 7) is 2.34. The highest BCUT2D eigenvalue weighted by molar-refractivity contribution is 9.10. The molecule has 25 heavy (non-hydrogen) atoms. The second-order valence-electron chi connectivity index (χ2n) is 6.72. The zero-order valence-electron chi connectivity index (χ0n) is 14.2. The topological polar surface area (TPSA) is 41.0 Å². The molecule has 0 radical (unpaired) electrons. The number of piperidine rings is 1. The van der Waals surface area contributed by atoms with Gasteiger partial charge in [0.2, 0.25) is 5.95 Å². The molecule has 1 fully saturated rings. The third-order valence-electron chi connectivity index (χ3n) is 4.87. The number of halogens is 1. The predicted octanol–water partition coefficient (Wildman–Crippen LogP) is 3.86. The van der Waals surface area contributed by atoms with Crippen molar-refractivity contribution in [3.05, 3.63) is 58.7 Å². The van der Waals surface area contributed by atoms with Crippen LogP contribution < -0.4 is 5.32 Å². The van der Waals surface area contributed by atoms with Crippen molar-refractivity contribution >= 4 is 46.4 Å². The minimum Gasteiger partial charge on any atom is -0.349 e. The maximum absolute atomic E-state index is 4.61. The lowest BCUT2D eigenvalue weighted by atomic mass is 9.88. The fraction of sp³-hybridized carbons (Fsp3) is 0.263. The van der Waals surface area contributed by atoms with Crippen LogP contribution in [0.5, 0.6) is 0 Å². The molecule has 4 nitrogen and oxygen atoms in total. The molecule has 0 bridgehead atoms. The first-order valence-corrected chi connectivity index (χ1v) is 9.44. The van der Waals surface area contributed by atoms with Crippen LogP contribution in [-0.4, -0.2) is 35.8 Å². The Hall–Kier alpha value is -1.92. The summed E-state index contributed by atoms with van der Waals surface area (Å²) in [5.41, 5.74) is 3.39. The van der Waals surface area contributed by atoms with Crippen LogP contribution in [0.4, 0.5) is 11.6 Å². The Morgan fingerprint density at radius 3 is 2.80 bits per heavy atom. The maximum atomic E-state index is 4.61. The summed E-state index contributed by atoms with van der Waals surface area (Å²) in [5, 5.41) is 4.38. The molecule has 0 spiro atoms. The smallest absolute Gasteiger partial charge is 0.227 e. The average molecular weight is 395 g/mol. The summed E-state index contributed by atoms with van der Waals surface area (Å²) in [6, 6.07) is 14.7. The molecular weight excluding hydrogens is 375 g/mol. The molecule has 3 aromatic rings. The van der Waals surface area contributed by atoms with E-state index in [1.807, 2.05) is 24.4 Å². The molecule has 6 heteroatoms. The number of nitrogens with one attached hydrogen (secondary N) is 1. The first-order valence-electron chi connectivity index (χ1n) is 8.65. The van der Waals surface area contributed by atoms with Gasteiger partial charge in [0.15, 0.2) is 7.98 Å². The summed E-state index contributed by atoms with van der Waals surface area (Å²) < 4.78 is 1.04. The van der Waals surface area contributed by atoms with E-state index in [-0.39, 0.29) is 0 Å². The molecule has 1 N–H and O–H groups in total. The van der Waals surface area contributed by atoms with Gasteiger partial charge in [0.1, 0.15) is 0 Å². The Labute approximate surface area is 157 Å². The van der Waals surface area contributed by atoms with E-state index >= 15 is 0 Å². The van der Waals surface area contributed by atoms with Crippen molar-refractivity contribution in [2.75, 3.05) is 18.4 Å². The number of rotatable bonds is 3. The van der Waals surface area contributed by atoms with Crippen molar-refractivity contribution in [2.24, 2.45) is 0 Å². The molecule has 0 amide bonds. The van der Waals surface area contributed by atoms with Gasteiger partial charge in [-0.15, -0.1) is 0 Å². The second kappa shape index (κ2) is 7.14. The maximum Gasteiger partial charge on any atom is 0.227 e. The van der Waals surface area contributed by atoms with Crippen molar-refractivity contribution in [1.29, 1.82) is 0 Å². The van der Waals surface area contributed by atoms with Gasteiger partial charge in [0.25, 0.3) is 0 Å². The second-order valence-corrected chi connectivity index (χ2v) is 7.64. The van der Waals surface area contributed by atoms with E-state index in [0.29, 0.717) is 11.9 Å². The lowest BCUT2D eigenvalue weighted by Gasteiger charge is -2.29. The molecule has 0 saturated carbocycles. The molecule has 2 aromatic carbocycles. The Morgan fingerprint density at radius 1 is 1.12 bits per heavy atom. The Kier molecular flexibility index (Phi) is 4.73. The van der Waals surface area contributed by atoms with E-state index in [4.69, 9.17) is 0 Å². The Bertz CT molecular complexity index is 893. The van der Waals surface area contributed by atoms with Crippen LogP contribution >= 0.6 is 15.9 Å². The van der Waals surface area contributed by atoms with Crippen molar-refractivity contribution in [1.82, 2.24) is 14.8 Å². The van der Waals surface area contributed by atoms with E-state index in [2.05, 4.69) is 68.3 Å². The van der Waals surface area contributed by atoms with Crippen LogP contribution in [0.2, 0.25) is 0 Å². The normalized spacial score (nSPS) is 16.2. The van der Waals surface area contributed by atoms with Crippen LogP contribution in [0.3, 0.4) is 0 Å². The van der Waals surface area contributed by atoms with Crippen LogP contribution in [0.1, 0.15) is 24.3 Å².